The summed E-state index contributed by atoms with van der Waals surface area (Å²) in [5.41, 5.74) is 8.55. The molecule has 0 aliphatic carbocycles. The van der Waals surface area contributed by atoms with E-state index in [-0.39, 0.29) is 0 Å². The molecule has 0 fully saturated rings. The number of benzene rings is 1. The van der Waals surface area contributed by atoms with Gasteiger partial charge in [-0.15, -0.1) is 0 Å². The second kappa shape index (κ2) is 7.46. The van der Waals surface area contributed by atoms with Crippen molar-refractivity contribution in [3.63, 3.8) is 0 Å². The Labute approximate surface area is 106 Å². The normalized spacial score (nSPS) is 13.0. The van der Waals surface area contributed by atoms with Crippen molar-refractivity contribution in [1.29, 1.82) is 0 Å². The highest BCUT2D eigenvalue weighted by atomic mass is 15.1. The maximum absolute atomic E-state index is 5.74. The summed E-state index contributed by atoms with van der Waals surface area (Å²) < 4.78 is 0. The summed E-state index contributed by atoms with van der Waals surface area (Å²) >= 11 is 0. The SMILES string of the molecule is CCc1ccc(CN(C)CCCC(C)N)cc1. The molecule has 1 aromatic rings. The molecule has 1 unspecified atom stereocenters. The lowest BCUT2D eigenvalue weighted by molar-refractivity contribution is 0.315. The molecule has 1 rings (SSSR count). The van der Waals surface area contributed by atoms with Gasteiger partial charge in [0.2, 0.25) is 0 Å². The van der Waals surface area contributed by atoms with Crippen molar-refractivity contribution in [2.24, 2.45) is 5.73 Å². The lowest BCUT2D eigenvalue weighted by Gasteiger charge is -2.17. The maximum Gasteiger partial charge on any atom is 0.0230 e. The van der Waals surface area contributed by atoms with E-state index in [0.29, 0.717) is 6.04 Å². The van der Waals surface area contributed by atoms with Crippen molar-refractivity contribution in [1.82, 2.24) is 4.90 Å². The smallest absolute Gasteiger partial charge is 0.0230 e. The van der Waals surface area contributed by atoms with Crippen molar-refractivity contribution < 1.29 is 0 Å². The first-order chi connectivity index (χ1) is 8.11. The first-order valence-electron chi connectivity index (χ1n) is 6.63. The second-order valence-electron chi connectivity index (χ2n) is 5.03. The van der Waals surface area contributed by atoms with Gasteiger partial charge in [-0.3, -0.25) is 0 Å². The molecule has 17 heavy (non-hydrogen) atoms. The van der Waals surface area contributed by atoms with Crippen LogP contribution in [0.1, 0.15) is 37.8 Å². The molecule has 0 aliphatic heterocycles. The van der Waals surface area contributed by atoms with Gasteiger partial charge in [0, 0.05) is 12.6 Å². The van der Waals surface area contributed by atoms with Crippen molar-refractivity contribution in [2.45, 2.75) is 45.7 Å². The highest BCUT2D eigenvalue weighted by Crippen LogP contribution is 2.08. The number of hydrogen-bond donors (Lipinski definition) is 1. The zero-order chi connectivity index (χ0) is 12.7. The minimum absolute atomic E-state index is 0.326. The topological polar surface area (TPSA) is 29.3 Å². The Bertz CT molecular complexity index is 303. The fourth-order valence-corrected chi connectivity index (χ4v) is 1.95. The minimum atomic E-state index is 0.326. The predicted octanol–water partition coefficient (Wildman–Crippen LogP) is 2.81. The molecular weight excluding hydrogens is 208 g/mol. The molecule has 0 radical (unpaired) electrons. The van der Waals surface area contributed by atoms with Gasteiger partial charge in [-0.05, 0) is 50.9 Å². The van der Waals surface area contributed by atoms with Crippen LogP contribution in [-0.4, -0.2) is 24.5 Å². The molecular formula is C15H26N2. The molecule has 0 aromatic heterocycles. The average Bonchev–Trinajstić information content (AvgIpc) is 2.29. The minimum Gasteiger partial charge on any atom is -0.328 e. The van der Waals surface area contributed by atoms with E-state index in [1.807, 2.05) is 0 Å². The van der Waals surface area contributed by atoms with Gasteiger partial charge in [-0.1, -0.05) is 31.2 Å². The van der Waals surface area contributed by atoms with Crippen molar-refractivity contribution in [3.8, 4) is 0 Å². The largest absolute Gasteiger partial charge is 0.328 e. The summed E-state index contributed by atoms with van der Waals surface area (Å²) in [5, 5.41) is 0. The second-order valence-corrected chi connectivity index (χ2v) is 5.03. The molecule has 2 N–H and O–H groups in total. The van der Waals surface area contributed by atoms with Crippen LogP contribution in [0.25, 0.3) is 0 Å². The molecule has 0 bridgehead atoms. The maximum atomic E-state index is 5.74. The summed E-state index contributed by atoms with van der Waals surface area (Å²) in [4.78, 5) is 2.36. The molecule has 2 heteroatoms. The molecule has 0 spiro atoms. The van der Waals surface area contributed by atoms with Gasteiger partial charge in [0.25, 0.3) is 0 Å². The van der Waals surface area contributed by atoms with Crippen molar-refractivity contribution >= 4 is 0 Å². The Morgan fingerprint density at radius 1 is 1.18 bits per heavy atom. The summed E-state index contributed by atoms with van der Waals surface area (Å²) in [6.07, 6.45) is 3.41. The molecule has 2 nitrogen and oxygen atoms in total. The van der Waals surface area contributed by atoms with Crippen LogP contribution in [0.5, 0.6) is 0 Å². The molecule has 0 aliphatic rings. The number of aryl methyl sites for hydroxylation is 1. The van der Waals surface area contributed by atoms with Gasteiger partial charge >= 0.3 is 0 Å². The van der Waals surface area contributed by atoms with Crippen LogP contribution in [0.4, 0.5) is 0 Å². The first-order valence-corrected chi connectivity index (χ1v) is 6.63. The quantitative estimate of drug-likeness (QED) is 0.786. The summed E-state index contributed by atoms with van der Waals surface area (Å²) in [6, 6.07) is 9.25. The lowest BCUT2D eigenvalue weighted by Crippen LogP contribution is -2.22. The molecule has 1 aromatic carbocycles. The highest BCUT2D eigenvalue weighted by molar-refractivity contribution is 5.22. The van der Waals surface area contributed by atoms with E-state index in [1.54, 1.807) is 0 Å². The molecule has 0 heterocycles. The van der Waals surface area contributed by atoms with Gasteiger partial charge in [0.1, 0.15) is 0 Å². The van der Waals surface area contributed by atoms with E-state index < -0.39 is 0 Å². The summed E-state index contributed by atoms with van der Waals surface area (Å²) in [5.74, 6) is 0. The van der Waals surface area contributed by atoms with Gasteiger partial charge in [-0.2, -0.15) is 0 Å². The number of hydrogen-bond acceptors (Lipinski definition) is 2. The number of rotatable bonds is 7. The Morgan fingerprint density at radius 3 is 2.29 bits per heavy atom. The summed E-state index contributed by atoms with van der Waals surface area (Å²) in [7, 11) is 2.18. The molecule has 0 saturated carbocycles. The Hall–Kier alpha value is -0.860. The summed E-state index contributed by atoms with van der Waals surface area (Å²) in [6.45, 7) is 6.42. The zero-order valence-electron chi connectivity index (χ0n) is 11.4. The van der Waals surface area contributed by atoms with Crippen LogP contribution >= 0.6 is 0 Å². The number of nitrogens with two attached hydrogens (primary N) is 1. The van der Waals surface area contributed by atoms with Gasteiger partial charge in [0.05, 0.1) is 0 Å². The van der Waals surface area contributed by atoms with E-state index in [0.717, 1.165) is 25.9 Å². The third kappa shape index (κ3) is 5.85. The van der Waals surface area contributed by atoms with E-state index in [1.165, 1.54) is 17.5 Å². The fraction of sp³-hybridized carbons (Fsp3) is 0.600. The molecule has 96 valence electrons. The van der Waals surface area contributed by atoms with E-state index >= 15 is 0 Å². The highest BCUT2D eigenvalue weighted by Gasteiger charge is 2.01. The van der Waals surface area contributed by atoms with E-state index in [4.69, 9.17) is 5.73 Å². The van der Waals surface area contributed by atoms with Crippen LogP contribution in [0.15, 0.2) is 24.3 Å². The fourth-order valence-electron chi connectivity index (χ4n) is 1.95. The van der Waals surface area contributed by atoms with Crippen LogP contribution in [-0.2, 0) is 13.0 Å². The van der Waals surface area contributed by atoms with Gasteiger partial charge in [0.15, 0.2) is 0 Å². The van der Waals surface area contributed by atoms with Gasteiger partial charge in [-0.25, -0.2) is 0 Å². The van der Waals surface area contributed by atoms with Crippen LogP contribution in [0, 0.1) is 0 Å². The zero-order valence-corrected chi connectivity index (χ0v) is 11.4. The molecule has 0 saturated heterocycles. The third-order valence-electron chi connectivity index (χ3n) is 3.08. The third-order valence-corrected chi connectivity index (χ3v) is 3.08. The van der Waals surface area contributed by atoms with Crippen molar-refractivity contribution in [2.75, 3.05) is 13.6 Å². The van der Waals surface area contributed by atoms with Crippen LogP contribution < -0.4 is 5.73 Å². The Balaban J connectivity index is 2.31. The monoisotopic (exact) mass is 234 g/mol. The molecule has 0 amide bonds. The number of nitrogens with zero attached hydrogens (tertiary/aromatic N) is 1. The van der Waals surface area contributed by atoms with Crippen LogP contribution in [0.3, 0.4) is 0 Å². The van der Waals surface area contributed by atoms with E-state index in [2.05, 4.69) is 50.1 Å². The van der Waals surface area contributed by atoms with Crippen LogP contribution in [0.2, 0.25) is 0 Å². The molecule has 1 atom stereocenters. The van der Waals surface area contributed by atoms with Crippen molar-refractivity contribution in [3.05, 3.63) is 35.4 Å². The van der Waals surface area contributed by atoms with Gasteiger partial charge < -0.3 is 10.6 Å². The van der Waals surface area contributed by atoms with E-state index in [9.17, 15) is 0 Å². The Kier molecular flexibility index (Phi) is 6.23. The first kappa shape index (κ1) is 14.2. The Morgan fingerprint density at radius 2 is 1.76 bits per heavy atom. The average molecular weight is 234 g/mol. The standard InChI is InChI=1S/C15H26N2/c1-4-14-7-9-15(10-8-14)12-17(3)11-5-6-13(2)16/h7-10,13H,4-6,11-12,16H2,1-3H3. The predicted molar refractivity (Wildman–Crippen MR) is 75.0 cm³/mol. The lowest BCUT2D eigenvalue weighted by atomic mass is 10.1.